The summed E-state index contributed by atoms with van der Waals surface area (Å²) in [5.74, 6) is -0.756. The van der Waals surface area contributed by atoms with Crippen LogP contribution >= 0.6 is 11.3 Å². The topological polar surface area (TPSA) is 69.9 Å². The number of esters is 1. The molecular weight excluding hydrogens is 376 g/mol. The summed E-state index contributed by atoms with van der Waals surface area (Å²) in [5, 5.41) is 0. The van der Waals surface area contributed by atoms with Gasteiger partial charge in [-0.15, -0.1) is 0 Å². The van der Waals surface area contributed by atoms with Gasteiger partial charge in [0.25, 0.3) is 5.91 Å². The molecule has 0 unspecified atom stereocenters. The molecule has 0 saturated heterocycles. The maximum atomic E-state index is 12.3. The first-order chi connectivity index (χ1) is 13.6. The van der Waals surface area contributed by atoms with E-state index in [-0.39, 0.29) is 5.91 Å². The molecular formula is C21H20N2O4S. The van der Waals surface area contributed by atoms with Crippen LogP contribution in [0.3, 0.4) is 0 Å². The molecule has 1 heterocycles. The highest BCUT2D eigenvalue weighted by Crippen LogP contribution is 2.20. The number of rotatable bonds is 6. The van der Waals surface area contributed by atoms with Crippen LogP contribution in [0.1, 0.15) is 15.9 Å². The predicted octanol–water partition coefficient (Wildman–Crippen LogP) is 3.28. The summed E-state index contributed by atoms with van der Waals surface area (Å²) >= 11 is 1.34. The first-order valence-corrected chi connectivity index (χ1v) is 9.46. The van der Waals surface area contributed by atoms with E-state index < -0.39 is 5.97 Å². The Labute approximate surface area is 166 Å². The van der Waals surface area contributed by atoms with Crippen molar-refractivity contribution in [2.24, 2.45) is 4.99 Å². The van der Waals surface area contributed by atoms with Gasteiger partial charge in [-0.2, -0.15) is 4.99 Å². The summed E-state index contributed by atoms with van der Waals surface area (Å²) in [6.45, 7) is 1.02. The van der Waals surface area contributed by atoms with Crippen molar-refractivity contribution in [3.63, 3.8) is 0 Å². The van der Waals surface area contributed by atoms with E-state index in [9.17, 15) is 9.59 Å². The molecule has 6 nitrogen and oxygen atoms in total. The molecule has 2 aromatic carbocycles. The molecule has 3 aromatic rings. The van der Waals surface area contributed by atoms with Crippen molar-refractivity contribution in [3.05, 3.63) is 70.5 Å². The average Bonchev–Trinajstić information content (AvgIpc) is 3.06. The van der Waals surface area contributed by atoms with Crippen LogP contribution in [0.15, 0.2) is 59.6 Å². The number of hydrogen-bond acceptors (Lipinski definition) is 5. The van der Waals surface area contributed by atoms with Crippen molar-refractivity contribution in [2.75, 3.05) is 20.8 Å². The highest BCUT2D eigenvalue weighted by atomic mass is 32.1. The van der Waals surface area contributed by atoms with E-state index >= 15 is 0 Å². The lowest BCUT2D eigenvalue weighted by molar-refractivity contribution is -0.113. The van der Waals surface area contributed by atoms with Crippen LogP contribution in [0.4, 0.5) is 0 Å². The zero-order valence-corrected chi connectivity index (χ0v) is 16.4. The molecule has 3 rings (SSSR count). The van der Waals surface area contributed by atoms with Gasteiger partial charge in [-0.1, -0.05) is 41.7 Å². The molecule has 0 saturated carbocycles. The van der Waals surface area contributed by atoms with Crippen LogP contribution in [0.2, 0.25) is 0 Å². The fraction of sp³-hybridized carbons (Fsp3) is 0.190. The van der Waals surface area contributed by atoms with E-state index in [1.54, 1.807) is 25.3 Å². The Morgan fingerprint density at radius 2 is 1.93 bits per heavy atom. The third kappa shape index (κ3) is 4.62. The fourth-order valence-corrected chi connectivity index (χ4v) is 3.77. The Bertz CT molecular complexity index is 1080. The molecule has 0 aliphatic heterocycles. The van der Waals surface area contributed by atoms with Crippen LogP contribution in [-0.4, -0.2) is 37.3 Å². The van der Waals surface area contributed by atoms with E-state index in [0.29, 0.717) is 23.5 Å². The number of aromatic nitrogens is 1. The monoisotopic (exact) mass is 396 g/mol. The summed E-state index contributed by atoms with van der Waals surface area (Å²) in [6.07, 6.45) is 3.17. The van der Waals surface area contributed by atoms with E-state index in [0.717, 1.165) is 15.8 Å². The molecule has 0 atom stereocenters. The second-order valence-corrected chi connectivity index (χ2v) is 6.91. The number of carbonyl (C=O) groups excluding carboxylic acids is 2. The second kappa shape index (κ2) is 9.25. The largest absolute Gasteiger partial charge is 0.465 e. The highest BCUT2D eigenvalue weighted by molar-refractivity contribution is 7.16. The maximum absolute atomic E-state index is 12.3. The molecule has 0 radical (unpaired) electrons. The van der Waals surface area contributed by atoms with E-state index in [4.69, 9.17) is 9.47 Å². The first-order valence-electron chi connectivity index (χ1n) is 8.65. The van der Waals surface area contributed by atoms with Crippen molar-refractivity contribution in [1.29, 1.82) is 0 Å². The number of nitrogens with zero attached hydrogens (tertiary/aromatic N) is 2. The molecule has 0 spiro atoms. The minimum atomic E-state index is -0.404. The summed E-state index contributed by atoms with van der Waals surface area (Å²) in [5.41, 5.74) is 2.27. The zero-order valence-electron chi connectivity index (χ0n) is 15.6. The summed E-state index contributed by atoms with van der Waals surface area (Å²) in [4.78, 5) is 28.9. The SMILES string of the molecule is COCCn1c(=NC(=O)/C=C/c2ccccc2)sc2cc(C(=O)OC)ccc21. The number of amides is 1. The number of fused-ring (bicyclic) bond motifs is 1. The first kappa shape index (κ1) is 19.7. The van der Waals surface area contributed by atoms with Crippen molar-refractivity contribution < 1.29 is 19.1 Å². The van der Waals surface area contributed by atoms with Crippen molar-refractivity contribution in [1.82, 2.24) is 4.57 Å². The van der Waals surface area contributed by atoms with Gasteiger partial charge in [-0.25, -0.2) is 4.79 Å². The molecule has 0 fully saturated rings. The standard InChI is InChI=1S/C21H20N2O4S/c1-26-13-12-23-17-10-9-16(20(25)27-2)14-18(17)28-21(23)22-19(24)11-8-15-6-4-3-5-7-15/h3-11,14H,12-13H2,1-2H3/b11-8+,22-21?. The quantitative estimate of drug-likeness (QED) is 0.474. The van der Waals surface area contributed by atoms with Crippen molar-refractivity contribution in [3.8, 4) is 0 Å². The predicted molar refractivity (Wildman–Crippen MR) is 109 cm³/mol. The van der Waals surface area contributed by atoms with Crippen LogP contribution in [0.5, 0.6) is 0 Å². The van der Waals surface area contributed by atoms with Gasteiger partial charge in [-0.3, -0.25) is 4.79 Å². The molecule has 7 heteroatoms. The molecule has 144 valence electrons. The Balaban J connectivity index is 1.99. The Morgan fingerprint density at radius 3 is 2.64 bits per heavy atom. The average molecular weight is 396 g/mol. The van der Waals surface area contributed by atoms with Gasteiger partial charge in [0.15, 0.2) is 4.80 Å². The lowest BCUT2D eigenvalue weighted by Gasteiger charge is -2.04. The summed E-state index contributed by atoms with van der Waals surface area (Å²) < 4.78 is 12.7. The minimum Gasteiger partial charge on any atom is -0.465 e. The van der Waals surface area contributed by atoms with Crippen molar-refractivity contribution >= 4 is 39.5 Å². The highest BCUT2D eigenvalue weighted by Gasteiger charge is 2.11. The molecule has 1 amide bonds. The van der Waals surface area contributed by atoms with Crippen LogP contribution in [0, 0.1) is 0 Å². The number of ether oxygens (including phenoxy) is 2. The van der Waals surface area contributed by atoms with Gasteiger partial charge in [0.2, 0.25) is 0 Å². The molecule has 28 heavy (non-hydrogen) atoms. The smallest absolute Gasteiger partial charge is 0.337 e. The molecule has 0 aliphatic rings. The number of benzene rings is 2. The molecule has 1 aromatic heterocycles. The Morgan fingerprint density at radius 1 is 1.14 bits per heavy atom. The third-order valence-corrected chi connectivity index (χ3v) is 5.09. The zero-order chi connectivity index (χ0) is 19.9. The summed E-state index contributed by atoms with van der Waals surface area (Å²) in [6, 6.07) is 14.8. The number of carbonyl (C=O) groups is 2. The van der Waals surface area contributed by atoms with Gasteiger partial charge < -0.3 is 14.0 Å². The minimum absolute atomic E-state index is 0.352. The molecule has 0 N–H and O–H groups in total. The van der Waals surface area contributed by atoms with Crippen LogP contribution < -0.4 is 4.80 Å². The fourth-order valence-electron chi connectivity index (χ4n) is 2.67. The van der Waals surface area contributed by atoms with E-state index in [1.165, 1.54) is 24.5 Å². The van der Waals surface area contributed by atoms with Crippen LogP contribution in [-0.2, 0) is 20.8 Å². The van der Waals surface area contributed by atoms with Gasteiger partial charge >= 0.3 is 5.97 Å². The van der Waals surface area contributed by atoms with Crippen LogP contribution in [0.25, 0.3) is 16.3 Å². The maximum Gasteiger partial charge on any atom is 0.337 e. The molecule has 0 bridgehead atoms. The number of thiazole rings is 1. The Hall–Kier alpha value is -3.03. The number of methoxy groups -OCH3 is 2. The second-order valence-electron chi connectivity index (χ2n) is 5.90. The van der Waals surface area contributed by atoms with Crippen molar-refractivity contribution in [2.45, 2.75) is 6.54 Å². The van der Waals surface area contributed by atoms with Gasteiger partial charge in [0.05, 0.1) is 29.5 Å². The molecule has 0 aliphatic carbocycles. The number of hydrogen-bond donors (Lipinski definition) is 0. The van der Waals surface area contributed by atoms with Gasteiger partial charge in [0.1, 0.15) is 0 Å². The van der Waals surface area contributed by atoms with Gasteiger partial charge in [-0.05, 0) is 29.8 Å². The normalized spacial score (nSPS) is 12.0. The third-order valence-electron chi connectivity index (χ3n) is 4.05. The lowest BCUT2D eigenvalue weighted by Crippen LogP contribution is -2.18. The van der Waals surface area contributed by atoms with Gasteiger partial charge in [0, 0.05) is 19.7 Å². The van der Waals surface area contributed by atoms with E-state index in [2.05, 4.69) is 4.99 Å². The Kier molecular flexibility index (Phi) is 6.52. The lowest BCUT2D eigenvalue weighted by atomic mass is 10.2. The van der Waals surface area contributed by atoms with E-state index in [1.807, 2.05) is 41.0 Å². The summed E-state index contributed by atoms with van der Waals surface area (Å²) in [7, 11) is 2.97.